The molecular weight excluding hydrogens is 316 g/mol. The van der Waals surface area contributed by atoms with Crippen LogP contribution in [-0.4, -0.2) is 26.5 Å². The van der Waals surface area contributed by atoms with Crippen molar-refractivity contribution in [2.45, 2.75) is 13.0 Å². The fraction of sp³-hybridized carbons (Fsp3) is 0.400. The predicted molar refractivity (Wildman–Crippen MR) is 66.9 cm³/mol. The first-order valence-corrected chi connectivity index (χ1v) is 7.63. The van der Waals surface area contributed by atoms with E-state index < -0.39 is 27.5 Å². The minimum atomic E-state index is -3.15. The first kappa shape index (κ1) is 14.4. The van der Waals surface area contributed by atoms with E-state index in [0.29, 0.717) is 0 Å². The Bertz CT molecular complexity index is 496. The Morgan fingerprint density at radius 2 is 2.00 bits per heavy atom. The predicted octanol–water partition coefficient (Wildman–Crippen LogP) is 2.57. The molecule has 1 aromatic rings. The highest BCUT2D eigenvalue weighted by Gasteiger charge is 2.15. The van der Waals surface area contributed by atoms with Crippen molar-refractivity contribution < 1.29 is 17.2 Å². The second-order valence-corrected chi connectivity index (χ2v) is 6.92. The van der Waals surface area contributed by atoms with Crippen LogP contribution >= 0.6 is 15.9 Å². The number of halogens is 3. The summed E-state index contributed by atoms with van der Waals surface area (Å²) in [6.45, 7) is 1.61. The number of rotatable bonds is 4. The minimum Gasteiger partial charge on any atom is -0.378 e. The van der Waals surface area contributed by atoms with Gasteiger partial charge in [0, 0.05) is 22.8 Å². The van der Waals surface area contributed by atoms with Crippen molar-refractivity contribution in [1.82, 2.24) is 0 Å². The highest BCUT2D eigenvalue weighted by Crippen LogP contribution is 2.27. The molecule has 96 valence electrons. The van der Waals surface area contributed by atoms with E-state index in [-0.39, 0.29) is 15.9 Å². The molecule has 7 heteroatoms. The van der Waals surface area contributed by atoms with E-state index in [1.807, 2.05) is 0 Å². The van der Waals surface area contributed by atoms with Crippen molar-refractivity contribution in [2.24, 2.45) is 0 Å². The molecule has 0 aliphatic carbocycles. The smallest absolute Gasteiger partial charge is 0.150 e. The number of anilines is 1. The Kier molecular flexibility index (Phi) is 4.48. The average molecular weight is 328 g/mol. The third-order valence-electron chi connectivity index (χ3n) is 1.95. The van der Waals surface area contributed by atoms with Gasteiger partial charge < -0.3 is 5.32 Å². The summed E-state index contributed by atoms with van der Waals surface area (Å²) in [6, 6.07) is 1.38. The Labute approximate surface area is 107 Å². The van der Waals surface area contributed by atoms with Crippen molar-refractivity contribution in [2.75, 3.05) is 17.3 Å². The summed E-state index contributed by atoms with van der Waals surface area (Å²) in [4.78, 5) is 0. The molecule has 1 unspecified atom stereocenters. The van der Waals surface area contributed by atoms with E-state index in [0.717, 1.165) is 18.4 Å². The quantitative estimate of drug-likeness (QED) is 0.924. The van der Waals surface area contributed by atoms with Gasteiger partial charge in [-0.1, -0.05) is 0 Å². The average Bonchev–Trinajstić information content (AvgIpc) is 2.08. The molecule has 17 heavy (non-hydrogen) atoms. The van der Waals surface area contributed by atoms with Gasteiger partial charge in [0.25, 0.3) is 0 Å². The Morgan fingerprint density at radius 3 is 2.47 bits per heavy atom. The van der Waals surface area contributed by atoms with Crippen molar-refractivity contribution in [3.8, 4) is 0 Å². The fourth-order valence-corrected chi connectivity index (χ4v) is 2.94. The Hall–Kier alpha value is -0.690. The van der Waals surface area contributed by atoms with Crippen LogP contribution in [0.2, 0.25) is 0 Å². The first-order valence-electron chi connectivity index (χ1n) is 4.78. The molecule has 0 aromatic heterocycles. The molecule has 0 aliphatic heterocycles. The first-order chi connectivity index (χ1) is 7.69. The van der Waals surface area contributed by atoms with Gasteiger partial charge in [0.1, 0.15) is 21.5 Å². The molecule has 0 saturated carbocycles. The maximum atomic E-state index is 13.4. The lowest BCUT2D eigenvalue weighted by molar-refractivity contribution is 0.580. The lowest BCUT2D eigenvalue weighted by Gasteiger charge is -2.16. The zero-order valence-electron chi connectivity index (χ0n) is 9.30. The third kappa shape index (κ3) is 4.59. The summed E-state index contributed by atoms with van der Waals surface area (Å²) in [5, 5.41) is 2.69. The highest BCUT2D eigenvalue weighted by atomic mass is 79.9. The van der Waals surface area contributed by atoms with Gasteiger partial charge in [-0.2, -0.15) is 0 Å². The Morgan fingerprint density at radius 1 is 1.41 bits per heavy atom. The van der Waals surface area contributed by atoms with Gasteiger partial charge in [0.05, 0.1) is 11.4 Å². The van der Waals surface area contributed by atoms with Crippen molar-refractivity contribution in [1.29, 1.82) is 0 Å². The standard InChI is InChI=1S/C10H12BrF2NO2S/c1-6(5-17(2,15)16)14-10-8(11)3-7(12)4-9(10)13/h3-4,6,14H,5H2,1-2H3. The number of nitrogens with one attached hydrogen (secondary N) is 1. The molecule has 0 bridgehead atoms. The molecule has 1 atom stereocenters. The van der Waals surface area contributed by atoms with Gasteiger partial charge in [-0.25, -0.2) is 17.2 Å². The minimum absolute atomic E-state index is 0.0579. The lowest BCUT2D eigenvalue weighted by Crippen LogP contribution is -2.25. The highest BCUT2D eigenvalue weighted by molar-refractivity contribution is 9.10. The molecule has 0 fully saturated rings. The summed E-state index contributed by atoms with van der Waals surface area (Å²) in [6.07, 6.45) is 1.10. The number of hydrogen-bond donors (Lipinski definition) is 1. The molecule has 0 radical (unpaired) electrons. The molecule has 3 nitrogen and oxygen atoms in total. The summed E-state index contributed by atoms with van der Waals surface area (Å²) in [5.74, 6) is -1.59. The largest absolute Gasteiger partial charge is 0.378 e. The molecule has 0 saturated heterocycles. The maximum Gasteiger partial charge on any atom is 0.150 e. The van der Waals surface area contributed by atoms with Crippen LogP contribution in [0.3, 0.4) is 0 Å². The topological polar surface area (TPSA) is 46.2 Å². The second-order valence-electron chi connectivity index (χ2n) is 3.88. The van der Waals surface area contributed by atoms with Gasteiger partial charge in [-0.15, -0.1) is 0 Å². The summed E-state index contributed by atoms with van der Waals surface area (Å²) < 4.78 is 48.6. The summed E-state index contributed by atoms with van der Waals surface area (Å²) in [5.41, 5.74) is 0.0579. The van der Waals surface area contributed by atoms with Crippen LogP contribution in [0.5, 0.6) is 0 Å². The normalized spacial score (nSPS) is 13.5. The van der Waals surface area contributed by atoms with Gasteiger partial charge in [0.15, 0.2) is 0 Å². The van der Waals surface area contributed by atoms with Crippen molar-refractivity contribution in [3.63, 3.8) is 0 Å². The second kappa shape index (κ2) is 5.30. The van der Waals surface area contributed by atoms with Gasteiger partial charge in [-0.05, 0) is 28.9 Å². The number of benzene rings is 1. The van der Waals surface area contributed by atoms with E-state index >= 15 is 0 Å². The SMILES string of the molecule is CC(CS(C)(=O)=O)Nc1c(F)cc(F)cc1Br. The van der Waals surface area contributed by atoms with Crippen LogP contribution < -0.4 is 5.32 Å². The van der Waals surface area contributed by atoms with E-state index in [1.165, 1.54) is 0 Å². The molecule has 0 amide bonds. The van der Waals surface area contributed by atoms with Gasteiger partial charge >= 0.3 is 0 Å². The molecule has 1 aromatic carbocycles. The monoisotopic (exact) mass is 327 g/mol. The van der Waals surface area contributed by atoms with Crippen LogP contribution in [0.1, 0.15) is 6.92 Å². The lowest BCUT2D eigenvalue weighted by atomic mass is 10.2. The Balaban J connectivity index is 2.89. The van der Waals surface area contributed by atoms with Gasteiger partial charge in [0.2, 0.25) is 0 Å². The van der Waals surface area contributed by atoms with Crippen molar-refractivity contribution in [3.05, 3.63) is 28.2 Å². The molecule has 1 rings (SSSR count). The van der Waals surface area contributed by atoms with Crippen LogP contribution in [0.15, 0.2) is 16.6 Å². The maximum absolute atomic E-state index is 13.4. The van der Waals surface area contributed by atoms with Gasteiger partial charge in [-0.3, -0.25) is 0 Å². The van der Waals surface area contributed by atoms with E-state index in [9.17, 15) is 17.2 Å². The molecule has 1 N–H and O–H groups in total. The summed E-state index contributed by atoms with van der Waals surface area (Å²) >= 11 is 3.01. The molecule has 0 heterocycles. The summed E-state index contributed by atoms with van der Waals surface area (Å²) in [7, 11) is -3.15. The van der Waals surface area contributed by atoms with Crippen molar-refractivity contribution >= 4 is 31.5 Å². The van der Waals surface area contributed by atoms with Crippen LogP contribution in [0.25, 0.3) is 0 Å². The van der Waals surface area contributed by atoms with Crippen LogP contribution in [0.4, 0.5) is 14.5 Å². The van der Waals surface area contributed by atoms with Crippen LogP contribution in [0, 0.1) is 11.6 Å². The molecular formula is C10H12BrF2NO2S. The van der Waals surface area contributed by atoms with E-state index in [1.54, 1.807) is 6.92 Å². The third-order valence-corrected chi connectivity index (χ3v) is 3.68. The van der Waals surface area contributed by atoms with E-state index in [2.05, 4.69) is 21.2 Å². The zero-order chi connectivity index (χ0) is 13.2. The zero-order valence-corrected chi connectivity index (χ0v) is 11.7. The molecule has 0 spiro atoms. The number of sulfone groups is 1. The molecule has 0 aliphatic rings. The van der Waals surface area contributed by atoms with Crippen LogP contribution in [-0.2, 0) is 9.84 Å². The number of hydrogen-bond acceptors (Lipinski definition) is 3. The fourth-order valence-electron chi connectivity index (χ4n) is 1.42. The van der Waals surface area contributed by atoms with E-state index in [4.69, 9.17) is 0 Å².